The van der Waals surface area contributed by atoms with Crippen LogP contribution in [0.4, 0.5) is 0 Å². The monoisotopic (exact) mass is 326 g/mol. The van der Waals surface area contributed by atoms with Crippen molar-refractivity contribution in [2.45, 2.75) is 45.1 Å². The van der Waals surface area contributed by atoms with E-state index in [-0.39, 0.29) is 18.4 Å². The lowest BCUT2D eigenvalue weighted by Gasteiger charge is -2.36. The second-order valence-electron chi connectivity index (χ2n) is 6.41. The molecule has 1 aromatic heterocycles. The lowest BCUT2D eigenvalue weighted by Crippen LogP contribution is -2.44. The Morgan fingerprint density at radius 2 is 2.08 bits per heavy atom. The largest absolute Gasteiger partial charge is 0.481 e. The Kier molecular flexibility index (Phi) is 4.79. The molecule has 1 saturated heterocycles. The third kappa shape index (κ3) is 3.40. The van der Waals surface area contributed by atoms with E-state index < -0.39 is 5.97 Å². The Morgan fingerprint density at radius 3 is 2.88 bits per heavy atom. The third-order valence-electron chi connectivity index (χ3n) is 4.65. The summed E-state index contributed by atoms with van der Waals surface area (Å²) in [5.74, 6) is -0.815. The van der Waals surface area contributed by atoms with Gasteiger partial charge in [0.2, 0.25) is 0 Å². The fourth-order valence-electron chi connectivity index (χ4n) is 3.50. The maximum atomic E-state index is 13.2. The Morgan fingerprint density at radius 1 is 1.29 bits per heavy atom. The van der Waals surface area contributed by atoms with E-state index in [1.165, 1.54) is 0 Å². The minimum atomic E-state index is -0.807. The molecule has 1 unspecified atom stereocenters. The Balaban J connectivity index is 1.93. The van der Waals surface area contributed by atoms with Gasteiger partial charge in [-0.3, -0.25) is 14.6 Å². The minimum Gasteiger partial charge on any atom is -0.481 e. The number of fused-ring (bicyclic) bond motifs is 1. The number of rotatable bonds is 4. The van der Waals surface area contributed by atoms with E-state index >= 15 is 0 Å². The zero-order chi connectivity index (χ0) is 17.1. The molecule has 0 saturated carbocycles. The van der Waals surface area contributed by atoms with Crippen LogP contribution in [0.3, 0.4) is 0 Å². The fraction of sp³-hybridized carbons (Fsp3) is 0.421. The molecule has 1 aliphatic rings. The molecule has 3 rings (SSSR count). The number of hydrogen-bond donors (Lipinski definition) is 1. The number of para-hydroxylation sites is 1. The Labute approximate surface area is 141 Å². The minimum absolute atomic E-state index is 0.00760. The molecule has 1 atom stereocenters. The van der Waals surface area contributed by atoms with E-state index in [9.17, 15) is 9.59 Å². The van der Waals surface area contributed by atoms with Crippen molar-refractivity contribution in [3.63, 3.8) is 0 Å². The molecule has 24 heavy (non-hydrogen) atoms. The summed E-state index contributed by atoms with van der Waals surface area (Å²) in [4.78, 5) is 30.4. The van der Waals surface area contributed by atoms with Gasteiger partial charge in [-0.25, -0.2) is 0 Å². The predicted molar refractivity (Wildman–Crippen MR) is 92.0 cm³/mol. The summed E-state index contributed by atoms with van der Waals surface area (Å²) in [6, 6.07) is 9.51. The smallest absolute Gasteiger partial charge is 0.303 e. The van der Waals surface area contributed by atoms with Crippen LogP contribution in [0.15, 0.2) is 30.3 Å². The van der Waals surface area contributed by atoms with Crippen LogP contribution >= 0.6 is 0 Å². The Hall–Kier alpha value is -2.43. The van der Waals surface area contributed by atoms with E-state index in [1.54, 1.807) is 0 Å². The van der Waals surface area contributed by atoms with Crippen LogP contribution in [-0.2, 0) is 4.79 Å². The van der Waals surface area contributed by atoms with Gasteiger partial charge in [-0.05, 0) is 44.7 Å². The van der Waals surface area contributed by atoms with Crippen LogP contribution < -0.4 is 0 Å². The van der Waals surface area contributed by atoms with Crippen LogP contribution in [0.1, 0.15) is 48.2 Å². The van der Waals surface area contributed by atoms with E-state index in [4.69, 9.17) is 5.11 Å². The molecule has 0 spiro atoms. The first-order chi connectivity index (χ1) is 11.6. The highest BCUT2D eigenvalue weighted by Gasteiger charge is 2.28. The summed E-state index contributed by atoms with van der Waals surface area (Å²) in [5.41, 5.74) is 2.30. The number of carboxylic acid groups (broad SMARTS) is 1. The van der Waals surface area contributed by atoms with Crippen molar-refractivity contribution >= 4 is 22.8 Å². The standard InChI is InChI=1S/C19H22N2O3/c1-13-12-16(15-7-2-3-8-17(15)20-13)19(24)21-11-5-4-6-14(21)9-10-18(22)23/h2-3,7-8,12,14H,4-6,9-11H2,1H3,(H,22,23). The summed E-state index contributed by atoms with van der Waals surface area (Å²) in [5, 5.41) is 9.81. The van der Waals surface area contributed by atoms with Crippen LogP contribution in [0.25, 0.3) is 10.9 Å². The molecule has 2 aromatic rings. The second-order valence-corrected chi connectivity index (χ2v) is 6.41. The van der Waals surface area contributed by atoms with Gasteiger partial charge in [0.05, 0.1) is 11.1 Å². The maximum absolute atomic E-state index is 13.2. The molecule has 1 fully saturated rings. The molecular weight excluding hydrogens is 304 g/mol. The topological polar surface area (TPSA) is 70.5 Å². The number of amides is 1. The molecule has 0 bridgehead atoms. The molecule has 1 N–H and O–H groups in total. The van der Waals surface area contributed by atoms with Crippen molar-refractivity contribution in [1.82, 2.24) is 9.88 Å². The molecule has 5 heteroatoms. The van der Waals surface area contributed by atoms with Gasteiger partial charge < -0.3 is 10.0 Å². The van der Waals surface area contributed by atoms with E-state index in [0.29, 0.717) is 18.5 Å². The van der Waals surface area contributed by atoms with Crippen molar-refractivity contribution in [1.29, 1.82) is 0 Å². The predicted octanol–water partition coefficient (Wildman–Crippen LogP) is 3.40. The van der Waals surface area contributed by atoms with Crippen molar-refractivity contribution in [3.05, 3.63) is 41.6 Å². The molecule has 5 nitrogen and oxygen atoms in total. The van der Waals surface area contributed by atoms with Crippen LogP contribution in [0, 0.1) is 6.92 Å². The highest BCUT2D eigenvalue weighted by Crippen LogP contribution is 2.26. The molecule has 1 aromatic carbocycles. The number of hydrogen-bond acceptors (Lipinski definition) is 3. The number of carboxylic acids is 1. The Bertz CT molecular complexity index is 772. The lowest BCUT2D eigenvalue weighted by atomic mass is 9.96. The summed E-state index contributed by atoms with van der Waals surface area (Å²) >= 11 is 0. The van der Waals surface area contributed by atoms with Gasteiger partial charge in [0.15, 0.2) is 0 Å². The van der Waals surface area contributed by atoms with Gasteiger partial charge >= 0.3 is 5.97 Å². The fourth-order valence-corrected chi connectivity index (χ4v) is 3.50. The lowest BCUT2D eigenvalue weighted by molar-refractivity contribution is -0.137. The third-order valence-corrected chi connectivity index (χ3v) is 4.65. The van der Waals surface area contributed by atoms with E-state index in [2.05, 4.69) is 4.98 Å². The van der Waals surface area contributed by atoms with Crippen LogP contribution in [0.2, 0.25) is 0 Å². The first-order valence-electron chi connectivity index (χ1n) is 8.45. The highest BCUT2D eigenvalue weighted by molar-refractivity contribution is 6.06. The van der Waals surface area contributed by atoms with Gasteiger partial charge in [0.1, 0.15) is 0 Å². The number of aliphatic carboxylic acids is 1. The normalized spacial score (nSPS) is 17.9. The van der Waals surface area contributed by atoms with E-state index in [1.807, 2.05) is 42.2 Å². The first kappa shape index (κ1) is 16.4. The second kappa shape index (κ2) is 6.99. The molecule has 2 heterocycles. The number of likely N-dealkylation sites (tertiary alicyclic amines) is 1. The molecule has 126 valence electrons. The zero-order valence-electron chi connectivity index (χ0n) is 13.9. The van der Waals surface area contributed by atoms with Crippen LogP contribution in [0.5, 0.6) is 0 Å². The number of carbonyl (C=O) groups is 2. The zero-order valence-corrected chi connectivity index (χ0v) is 13.9. The van der Waals surface area contributed by atoms with Crippen molar-refractivity contribution in [2.75, 3.05) is 6.54 Å². The van der Waals surface area contributed by atoms with Gasteiger partial charge in [0, 0.05) is 30.1 Å². The number of carbonyl (C=O) groups excluding carboxylic acids is 1. The average molecular weight is 326 g/mol. The summed E-state index contributed by atoms with van der Waals surface area (Å²) in [7, 11) is 0. The van der Waals surface area contributed by atoms with Gasteiger partial charge in [-0.1, -0.05) is 18.2 Å². The molecule has 0 radical (unpaired) electrons. The summed E-state index contributed by atoms with van der Waals surface area (Å²) in [6.07, 6.45) is 3.51. The maximum Gasteiger partial charge on any atom is 0.303 e. The van der Waals surface area contributed by atoms with Crippen molar-refractivity contribution < 1.29 is 14.7 Å². The van der Waals surface area contributed by atoms with Gasteiger partial charge in [-0.2, -0.15) is 0 Å². The van der Waals surface area contributed by atoms with E-state index in [0.717, 1.165) is 35.9 Å². The molecular formula is C19H22N2O3. The number of piperidine rings is 1. The summed E-state index contributed by atoms with van der Waals surface area (Å²) < 4.78 is 0. The number of benzene rings is 1. The summed E-state index contributed by atoms with van der Waals surface area (Å²) in [6.45, 7) is 2.58. The number of nitrogens with zero attached hydrogens (tertiary/aromatic N) is 2. The SMILES string of the molecule is Cc1cc(C(=O)N2CCCCC2CCC(=O)O)c2ccccc2n1. The van der Waals surface area contributed by atoms with Crippen molar-refractivity contribution in [2.24, 2.45) is 0 Å². The molecule has 1 amide bonds. The number of aromatic nitrogens is 1. The van der Waals surface area contributed by atoms with Crippen molar-refractivity contribution in [3.8, 4) is 0 Å². The molecule has 1 aliphatic heterocycles. The quantitative estimate of drug-likeness (QED) is 0.935. The first-order valence-corrected chi connectivity index (χ1v) is 8.45. The highest BCUT2D eigenvalue weighted by atomic mass is 16.4. The average Bonchev–Trinajstić information content (AvgIpc) is 2.58. The molecule has 0 aliphatic carbocycles. The van der Waals surface area contributed by atoms with Crippen LogP contribution in [-0.4, -0.2) is 39.5 Å². The number of aryl methyl sites for hydroxylation is 1. The number of pyridine rings is 1. The van der Waals surface area contributed by atoms with Gasteiger partial charge in [0.25, 0.3) is 5.91 Å². The van der Waals surface area contributed by atoms with Gasteiger partial charge in [-0.15, -0.1) is 0 Å².